The molecule has 1 unspecified atom stereocenters. The molecule has 112 valence electrons. The van der Waals surface area contributed by atoms with Gasteiger partial charge in [-0.3, -0.25) is 9.69 Å². The summed E-state index contributed by atoms with van der Waals surface area (Å²) < 4.78 is 5.41. The average Bonchev–Trinajstić information content (AvgIpc) is 2.76. The summed E-state index contributed by atoms with van der Waals surface area (Å²) in [5.74, 6) is 0.645. The first kappa shape index (κ1) is 16.4. The minimum absolute atomic E-state index is 0.0918. The van der Waals surface area contributed by atoms with Crippen LogP contribution in [-0.2, 0) is 9.53 Å². The maximum Gasteiger partial charge on any atom is 0.234 e. The van der Waals surface area contributed by atoms with Gasteiger partial charge in [0.05, 0.1) is 12.6 Å². The van der Waals surface area contributed by atoms with Crippen molar-refractivity contribution >= 4 is 5.91 Å². The molecule has 0 bridgehead atoms. The monoisotopic (exact) mass is 272 g/mol. The highest BCUT2D eigenvalue weighted by molar-refractivity contribution is 5.78. The molecule has 0 saturated carbocycles. The first-order chi connectivity index (χ1) is 9.11. The van der Waals surface area contributed by atoms with Crippen LogP contribution in [0.4, 0.5) is 0 Å². The molecule has 1 aliphatic rings. The summed E-state index contributed by atoms with van der Waals surface area (Å²) in [5.41, 5.74) is 0. The van der Waals surface area contributed by atoms with Gasteiger partial charge in [0.15, 0.2) is 0 Å². The van der Waals surface area contributed by atoms with E-state index in [0.29, 0.717) is 25.6 Å². The Labute approximate surface area is 116 Å². The first-order valence-corrected chi connectivity index (χ1v) is 7.33. The fourth-order valence-corrected chi connectivity index (χ4v) is 2.35. The van der Waals surface area contributed by atoms with Gasteiger partial charge in [-0.2, -0.15) is 0 Å². The molecule has 1 aliphatic heterocycles. The van der Waals surface area contributed by atoms with E-state index in [1.165, 1.54) is 0 Å². The molecule has 5 nitrogen and oxygen atoms in total. The van der Waals surface area contributed by atoms with Gasteiger partial charge >= 0.3 is 0 Å². The molecule has 0 aromatic heterocycles. The van der Waals surface area contributed by atoms with Crippen LogP contribution in [0.25, 0.3) is 0 Å². The van der Waals surface area contributed by atoms with Crippen molar-refractivity contribution in [1.82, 2.24) is 10.2 Å². The molecule has 1 atom stereocenters. The van der Waals surface area contributed by atoms with Gasteiger partial charge in [0, 0.05) is 26.3 Å². The van der Waals surface area contributed by atoms with Crippen molar-refractivity contribution in [2.45, 2.75) is 39.2 Å². The van der Waals surface area contributed by atoms with Crippen molar-refractivity contribution < 1.29 is 14.6 Å². The quantitative estimate of drug-likeness (QED) is 0.604. The fourth-order valence-electron chi connectivity index (χ4n) is 2.35. The predicted molar refractivity (Wildman–Crippen MR) is 75.0 cm³/mol. The van der Waals surface area contributed by atoms with Crippen molar-refractivity contribution in [3.63, 3.8) is 0 Å². The zero-order chi connectivity index (χ0) is 14.1. The number of nitrogens with one attached hydrogen (secondary N) is 1. The van der Waals surface area contributed by atoms with Crippen LogP contribution in [0.2, 0.25) is 0 Å². The zero-order valence-corrected chi connectivity index (χ0v) is 12.2. The van der Waals surface area contributed by atoms with Gasteiger partial charge in [0.2, 0.25) is 5.91 Å². The molecule has 1 saturated heterocycles. The Morgan fingerprint density at radius 2 is 2.32 bits per heavy atom. The van der Waals surface area contributed by atoms with E-state index < -0.39 is 0 Å². The van der Waals surface area contributed by atoms with Crippen molar-refractivity contribution in [3.05, 3.63) is 0 Å². The summed E-state index contributed by atoms with van der Waals surface area (Å²) in [7, 11) is 0. The number of likely N-dealkylation sites (tertiary alicyclic amines) is 1. The van der Waals surface area contributed by atoms with Gasteiger partial charge in [0.1, 0.15) is 0 Å². The molecule has 0 aliphatic carbocycles. The second-order valence-corrected chi connectivity index (χ2v) is 5.53. The molecular formula is C14H28N2O3. The lowest BCUT2D eigenvalue weighted by Crippen LogP contribution is -2.36. The predicted octanol–water partition coefficient (Wildman–Crippen LogP) is 0.622. The number of rotatable bonds is 9. The smallest absolute Gasteiger partial charge is 0.234 e. The summed E-state index contributed by atoms with van der Waals surface area (Å²) in [6.07, 6.45) is 3.06. The van der Waals surface area contributed by atoms with E-state index in [1.807, 2.05) is 13.8 Å². The van der Waals surface area contributed by atoms with E-state index in [9.17, 15) is 4.79 Å². The van der Waals surface area contributed by atoms with Crippen molar-refractivity contribution in [2.24, 2.45) is 5.92 Å². The normalized spacial score (nSPS) is 20.1. The summed E-state index contributed by atoms with van der Waals surface area (Å²) in [5, 5.41) is 11.8. The van der Waals surface area contributed by atoms with E-state index in [0.717, 1.165) is 32.4 Å². The van der Waals surface area contributed by atoms with E-state index in [1.54, 1.807) is 0 Å². The molecule has 1 rings (SSSR count). The van der Waals surface area contributed by atoms with Gasteiger partial charge in [0.25, 0.3) is 0 Å². The van der Waals surface area contributed by atoms with Crippen LogP contribution in [0.3, 0.4) is 0 Å². The highest BCUT2D eigenvalue weighted by atomic mass is 16.5. The molecule has 0 radical (unpaired) electrons. The van der Waals surface area contributed by atoms with Gasteiger partial charge in [-0.25, -0.2) is 0 Å². The van der Waals surface area contributed by atoms with Crippen LogP contribution in [0, 0.1) is 5.92 Å². The van der Waals surface area contributed by atoms with Crippen LogP contribution in [0.15, 0.2) is 0 Å². The number of nitrogens with zero attached hydrogens (tertiary/aromatic N) is 1. The SMILES string of the molecule is CC(C)OCCCNC(=O)CN1CCC(CCO)C1. The van der Waals surface area contributed by atoms with Gasteiger partial charge < -0.3 is 15.2 Å². The topological polar surface area (TPSA) is 61.8 Å². The summed E-state index contributed by atoms with van der Waals surface area (Å²) in [4.78, 5) is 13.9. The highest BCUT2D eigenvalue weighted by Crippen LogP contribution is 2.18. The van der Waals surface area contributed by atoms with E-state index in [2.05, 4.69) is 10.2 Å². The molecule has 2 N–H and O–H groups in total. The van der Waals surface area contributed by atoms with Crippen LogP contribution in [0.5, 0.6) is 0 Å². The number of aliphatic hydroxyl groups is 1. The summed E-state index contributed by atoms with van der Waals surface area (Å²) in [6, 6.07) is 0. The molecule has 0 spiro atoms. The maximum absolute atomic E-state index is 11.7. The van der Waals surface area contributed by atoms with E-state index in [-0.39, 0.29) is 18.6 Å². The zero-order valence-electron chi connectivity index (χ0n) is 12.2. The molecule has 1 fully saturated rings. The van der Waals surface area contributed by atoms with Crippen molar-refractivity contribution in [1.29, 1.82) is 0 Å². The first-order valence-electron chi connectivity index (χ1n) is 7.33. The maximum atomic E-state index is 11.7. The molecule has 5 heteroatoms. The van der Waals surface area contributed by atoms with E-state index in [4.69, 9.17) is 9.84 Å². The average molecular weight is 272 g/mol. The molecular weight excluding hydrogens is 244 g/mol. The minimum atomic E-state index is 0.0918. The molecule has 19 heavy (non-hydrogen) atoms. The van der Waals surface area contributed by atoms with Gasteiger partial charge in [-0.1, -0.05) is 0 Å². The lowest BCUT2D eigenvalue weighted by Gasteiger charge is -2.15. The number of hydrogen-bond acceptors (Lipinski definition) is 4. The standard InChI is InChI=1S/C14H28N2O3/c1-12(2)19-9-3-6-15-14(18)11-16-7-4-13(10-16)5-8-17/h12-13,17H,3-11H2,1-2H3,(H,15,18). The highest BCUT2D eigenvalue weighted by Gasteiger charge is 2.23. The Hall–Kier alpha value is -0.650. The largest absolute Gasteiger partial charge is 0.396 e. The lowest BCUT2D eigenvalue weighted by molar-refractivity contribution is -0.122. The third-order valence-corrected chi connectivity index (χ3v) is 3.37. The number of hydrogen-bond donors (Lipinski definition) is 2. The third kappa shape index (κ3) is 7.50. The summed E-state index contributed by atoms with van der Waals surface area (Å²) >= 11 is 0. The molecule has 0 aromatic carbocycles. The molecule has 1 heterocycles. The number of carbonyl (C=O) groups excluding carboxylic acids is 1. The number of ether oxygens (including phenoxy) is 1. The van der Waals surface area contributed by atoms with Crippen LogP contribution in [-0.4, -0.2) is 61.4 Å². The van der Waals surface area contributed by atoms with Crippen LogP contribution < -0.4 is 5.32 Å². The van der Waals surface area contributed by atoms with E-state index >= 15 is 0 Å². The molecule has 1 amide bonds. The Morgan fingerprint density at radius 3 is 3.00 bits per heavy atom. The number of carbonyl (C=O) groups is 1. The summed E-state index contributed by atoms with van der Waals surface area (Å²) in [6.45, 7) is 8.02. The fraction of sp³-hybridized carbons (Fsp3) is 0.929. The third-order valence-electron chi connectivity index (χ3n) is 3.37. The molecule has 0 aromatic rings. The van der Waals surface area contributed by atoms with Crippen molar-refractivity contribution in [3.8, 4) is 0 Å². The Balaban J connectivity index is 2.02. The van der Waals surface area contributed by atoms with Gasteiger partial charge in [-0.05, 0) is 45.6 Å². The number of aliphatic hydroxyl groups excluding tert-OH is 1. The number of amides is 1. The lowest BCUT2D eigenvalue weighted by atomic mass is 10.1. The Bertz CT molecular complexity index is 259. The van der Waals surface area contributed by atoms with Gasteiger partial charge in [-0.15, -0.1) is 0 Å². The Morgan fingerprint density at radius 1 is 1.53 bits per heavy atom. The Kier molecular flexibility index (Phi) is 8.02. The van der Waals surface area contributed by atoms with Crippen molar-refractivity contribution in [2.75, 3.05) is 39.4 Å². The second kappa shape index (κ2) is 9.28. The van der Waals surface area contributed by atoms with Crippen LogP contribution in [0.1, 0.15) is 33.1 Å². The second-order valence-electron chi connectivity index (χ2n) is 5.53. The van der Waals surface area contributed by atoms with Crippen LogP contribution >= 0.6 is 0 Å². The minimum Gasteiger partial charge on any atom is -0.396 e.